The number of hydrogen-bond donors (Lipinski definition) is 1. The van der Waals surface area contributed by atoms with Crippen LogP contribution < -0.4 is 5.73 Å². The number of benzene rings is 1. The molecule has 0 bridgehead atoms. The molecule has 5 heteroatoms. The van der Waals surface area contributed by atoms with Crippen LogP contribution in [0.15, 0.2) is 47.2 Å². The molecular weight excluding hydrogens is 280 g/mol. The Hall–Kier alpha value is -1.88. The Kier molecular flexibility index (Phi) is 2.33. The average Bonchev–Trinajstić information content (AvgIpc) is 2.79. The quantitative estimate of drug-likeness (QED) is 0.749. The number of aromatic nitrogens is 3. The van der Waals surface area contributed by atoms with Crippen molar-refractivity contribution in [2.24, 2.45) is 0 Å². The van der Waals surface area contributed by atoms with Crippen LogP contribution >= 0.6 is 15.9 Å². The monoisotopic (exact) mass is 288 g/mol. The van der Waals surface area contributed by atoms with E-state index >= 15 is 0 Å². The molecule has 0 atom stereocenters. The number of nitrogen functional groups attached to an aromatic ring is 1. The van der Waals surface area contributed by atoms with Crippen molar-refractivity contribution in [3.8, 4) is 11.3 Å². The van der Waals surface area contributed by atoms with E-state index in [0.29, 0.717) is 5.69 Å². The van der Waals surface area contributed by atoms with Crippen LogP contribution in [0.1, 0.15) is 0 Å². The van der Waals surface area contributed by atoms with Gasteiger partial charge in [0.25, 0.3) is 0 Å². The molecule has 2 N–H and O–H groups in total. The first-order valence-electron chi connectivity index (χ1n) is 5.10. The van der Waals surface area contributed by atoms with Gasteiger partial charge in [-0.3, -0.25) is 0 Å². The second kappa shape index (κ2) is 3.85. The summed E-state index contributed by atoms with van der Waals surface area (Å²) in [5.41, 5.74) is 9.27. The molecule has 84 valence electrons. The van der Waals surface area contributed by atoms with Gasteiger partial charge in [0, 0.05) is 16.1 Å². The topological polar surface area (TPSA) is 56.2 Å². The van der Waals surface area contributed by atoms with Gasteiger partial charge in [0.05, 0.1) is 23.8 Å². The standard InChI is InChI=1S/C12H9BrN4/c13-9-3-1-8(2-4-9)12-10(14)7-15-11-5-6-16-17(11)12/h1-7H,14H2. The molecule has 0 amide bonds. The molecule has 0 aliphatic heterocycles. The fourth-order valence-corrected chi connectivity index (χ4v) is 2.05. The lowest BCUT2D eigenvalue weighted by atomic mass is 10.1. The first-order chi connectivity index (χ1) is 8.25. The van der Waals surface area contributed by atoms with Crippen LogP contribution in [0.4, 0.5) is 5.69 Å². The third kappa shape index (κ3) is 1.68. The van der Waals surface area contributed by atoms with E-state index in [-0.39, 0.29) is 0 Å². The summed E-state index contributed by atoms with van der Waals surface area (Å²) in [5, 5.41) is 4.24. The first kappa shape index (κ1) is 10.3. The van der Waals surface area contributed by atoms with Crippen molar-refractivity contribution in [1.29, 1.82) is 0 Å². The van der Waals surface area contributed by atoms with Gasteiger partial charge in [0.15, 0.2) is 5.65 Å². The van der Waals surface area contributed by atoms with Crippen LogP contribution in [0.5, 0.6) is 0 Å². The Labute approximate surface area is 106 Å². The SMILES string of the molecule is Nc1cnc2ccnn2c1-c1ccc(Br)cc1. The molecular formula is C12H9BrN4. The van der Waals surface area contributed by atoms with Crippen LogP contribution in [0, 0.1) is 0 Å². The Morgan fingerprint density at radius 2 is 1.88 bits per heavy atom. The molecule has 0 aliphatic carbocycles. The Bertz CT molecular complexity index is 673. The minimum absolute atomic E-state index is 0.614. The lowest BCUT2D eigenvalue weighted by molar-refractivity contribution is 0.950. The second-order valence-corrected chi connectivity index (χ2v) is 4.59. The van der Waals surface area contributed by atoms with Crippen molar-refractivity contribution >= 4 is 27.3 Å². The Morgan fingerprint density at radius 1 is 1.12 bits per heavy atom. The summed E-state index contributed by atoms with van der Waals surface area (Å²) in [6.45, 7) is 0. The summed E-state index contributed by atoms with van der Waals surface area (Å²) >= 11 is 3.41. The highest BCUT2D eigenvalue weighted by Crippen LogP contribution is 2.26. The number of nitrogens with zero attached hydrogens (tertiary/aromatic N) is 3. The maximum absolute atomic E-state index is 5.98. The van der Waals surface area contributed by atoms with Gasteiger partial charge in [-0.15, -0.1) is 0 Å². The van der Waals surface area contributed by atoms with Crippen molar-refractivity contribution in [2.45, 2.75) is 0 Å². The fraction of sp³-hybridized carbons (Fsp3) is 0. The van der Waals surface area contributed by atoms with Gasteiger partial charge in [-0.2, -0.15) is 5.10 Å². The highest BCUT2D eigenvalue weighted by molar-refractivity contribution is 9.10. The second-order valence-electron chi connectivity index (χ2n) is 3.67. The van der Waals surface area contributed by atoms with E-state index in [9.17, 15) is 0 Å². The molecule has 0 aliphatic rings. The molecule has 4 nitrogen and oxygen atoms in total. The molecule has 1 aromatic carbocycles. The summed E-state index contributed by atoms with van der Waals surface area (Å²) in [7, 11) is 0. The molecule has 2 heterocycles. The largest absolute Gasteiger partial charge is 0.396 e. The molecule has 0 unspecified atom stereocenters. The Morgan fingerprint density at radius 3 is 2.65 bits per heavy atom. The van der Waals surface area contributed by atoms with Crippen molar-refractivity contribution in [1.82, 2.24) is 14.6 Å². The van der Waals surface area contributed by atoms with Crippen molar-refractivity contribution in [3.63, 3.8) is 0 Å². The molecule has 3 rings (SSSR count). The number of halogens is 1. The number of hydrogen-bond acceptors (Lipinski definition) is 3. The summed E-state index contributed by atoms with van der Waals surface area (Å²) in [6, 6.07) is 9.80. The molecule has 0 saturated carbocycles. The van der Waals surface area contributed by atoms with Gasteiger partial charge >= 0.3 is 0 Å². The zero-order valence-electron chi connectivity index (χ0n) is 8.84. The van der Waals surface area contributed by atoms with Gasteiger partial charge in [-0.25, -0.2) is 9.50 Å². The maximum atomic E-state index is 5.98. The third-order valence-corrected chi connectivity index (χ3v) is 3.09. The van der Waals surface area contributed by atoms with Crippen LogP contribution in [-0.4, -0.2) is 14.6 Å². The molecule has 17 heavy (non-hydrogen) atoms. The van der Waals surface area contributed by atoms with Crippen LogP contribution in [0.3, 0.4) is 0 Å². The fourth-order valence-electron chi connectivity index (χ4n) is 1.78. The van der Waals surface area contributed by atoms with Gasteiger partial charge < -0.3 is 5.73 Å². The summed E-state index contributed by atoms with van der Waals surface area (Å²) in [6.07, 6.45) is 3.37. The summed E-state index contributed by atoms with van der Waals surface area (Å²) in [4.78, 5) is 4.21. The predicted molar refractivity (Wildman–Crippen MR) is 70.5 cm³/mol. The first-order valence-corrected chi connectivity index (χ1v) is 5.89. The van der Waals surface area contributed by atoms with Crippen molar-refractivity contribution in [3.05, 3.63) is 47.2 Å². The van der Waals surface area contributed by atoms with Crippen LogP contribution in [-0.2, 0) is 0 Å². The van der Waals surface area contributed by atoms with E-state index in [4.69, 9.17) is 5.73 Å². The zero-order valence-corrected chi connectivity index (χ0v) is 10.4. The van der Waals surface area contributed by atoms with E-state index in [1.165, 1.54) is 0 Å². The summed E-state index contributed by atoms with van der Waals surface area (Å²) < 4.78 is 2.78. The molecule has 2 aromatic heterocycles. The van der Waals surface area contributed by atoms with Crippen LogP contribution in [0.25, 0.3) is 16.9 Å². The maximum Gasteiger partial charge on any atom is 0.155 e. The Balaban J connectivity index is 2.31. The number of fused-ring (bicyclic) bond motifs is 1. The lowest BCUT2D eigenvalue weighted by Gasteiger charge is -2.08. The predicted octanol–water partition coefficient (Wildman–Crippen LogP) is 2.74. The number of rotatable bonds is 1. The van der Waals surface area contributed by atoms with E-state index in [0.717, 1.165) is 21.4 Å². The number of nitrogens with two attached hydrogens (primary N) is 1. The normalized spacial score (nSPS) is 10.9. The zero-order chi connectivity index (χ0) is 11.8. The molecule has 0 radical (unpaired) electrons. The number of anilines is 1. The smallest absolute Gasteiger partial charge is 0.155 e. The van der Waals surface area contributed by atoms with E-state index in [1.54, 1.807) is 16.9 Å². The van der Waals surface area contributed by atoms with Crippen molar-refractivity contribution < 1.29 is 0 Å². The van der Waals surface area contributed by atoms with E-state index in [2.05, 4.69) is 26.0 Å². The van der Waals surface area contributed by atoms with Gasteiger partial charge in [-0.1, -0.05) is 28.1 Å². The van der Waals surface area contributed by atoms with E-state index in [1.807, 2.05) is 30.3 Å². The highest BCUT2D eigenvalue weighted by atomic mass is 79.9. The van der Waals surface area contributed by atoms with Gasteiger partial charge in [0.1, 0.15) is 0 Å². The lowest BCUT2D eigenvalue weighted by Crippen LogP contribution is -2.01. The van der Waals surface area contributed by atoms with Gasteiger partial charge in [0.2, 0.25) is 0 Å². The van der Waals surface area contributed by atoms with Crippen LogP contribution in [0.2, 0.25) is 0 Å². The molecule has 0 saturated heterocycles. The van der Waals surface area contributed by atoms with E-state index < -0.39 is 0 Å². The van der Waals surface area contributed by atoms with Crippen molar-refractivity contribution in [2.75, 3.05) is 5.73 Å². The minimum atomic E-state index is 0.614. The minimum Gasteiger partial charge on any atom is -0.396 e. The summed E-state index contributed by atoms with van der Waals surface area (Å²) in [5.74, 6) is 0. The average molecular weight is 289 g/mol. The molecule has 0 fully saturated rings. The van der Waals surface area contributed by atoms with Gasteiger partial charge in [-0.05, 0) is 12.1 Å². The molecule has 0 spiro atoms. The molecule has 3 aromatic rings. The third-order valence-electron chi connectivity index (χ3n) is 2.56. The highest BCUT2D eigenvalue weighted by Gasteiger charge is 2.09.